The van der Waals surface area contributed by atoms with Gasteiger partial charge in [0.15, 0.2) is 0 Å². The molecule has 1 saturated heterocycles. The van der Waals surface area contributed by atoms with E-state index in [1.54, 1.807) is 22.3 Å². The van der Waals surface area contributed by atoms with Crippen LogP contribution in [0.4, 0.5) is 0 Å². The van der Waals surface area contributed by atoms with Crippen molar-refractivity contribution in [3.8, 4) is 0 Å². The maximum absolute atomic E-state index is 11.9. The average molecular weight is 263 g/mol. The number of carbonyl (C=O) groups is 1. The van der Waals surface area contributed by atoms with Crippen molar-refractivity contribution in [3.63, 3.8) is 0 Å². The number of carbonyl (C=O) groups excluding carboxylic acids is 1. The van der Waals surface area contributed by atoms with Crippen molar-refractivity contribution < 1.29 is 9.90 Å². The molecule has 0 bridgehead atoms. The van der Waals surface area contributed by atoms with Gasteiger partial charge in [-0.25, -0.2) is 0 Å². The van der Waals surface area contributed by atoms with Crippen LogP contribution in [-0.4, -0.2) is 34.6 Å². The lowest BCUT2D eigenvalue weighted by Gasteiger charge is -2.46. The third-order valence-electron chi connectivity index (χ3n) is 3.73. The molecule has 2 fully saturated rings. The van der Waals surface area contributed by atoms with Gasteiger partial charge in [-0.05, 0) is 43.9 Å². The van der Waals surface area contributed by atoms with Gasteiger partial charge in [-0.15, -0.1) is 11.3 Å². The van der Waals surface area contributed by atoms with E-state index in [-0.39, 0.29) is 5.91 Å². The maximum atomic E-state index is 11.9. The highest BCUT2D eigenvalue weighted by molar-refractivity contribution is 7.12. The Balaban J connectivity index is 1.55. The molecule has 0 radical (unpaired) electrons. The molecule has 1 aromatic heterocycles. The Hall–Kier alpha value is -1.13. The van der Waals surface area contributed by atoms with Crippen molar-refractivity contribution in [1.29, 1.82) is 0 Å². The fourth-order valence-electron chi connectivity index (χ4n) is 2.45. The number of rotatable bonds is 3. The number of β-amino-alcohol motifs (C(OH)–C–C–N with tert-alkyl or cyclic N) is 1. The smallest absolute Gasteiger partial charge is 0.246 e. The zero-order valence-corrected chi connectivity index (χ0v) is 11.2. The van der Waals surface area contributed by atoms with Crippen molar-refractivity contribution in [3.05, 3.63) is 28.0 Å². The molecule has 4 heteroatoms. The second kappa shape index (κ2) is 4.21. The number of likely N-dealkylation sites (tertiary alicyclic amines) is 1. The lowest BCUT2D eigenvalue weighted by Crippen LogP contribution is -2.64. The van der Waals surface area contributed by atoms with Crippen molar-refractivity contribution in [1.82, 2.24) is 4.90 Å². The molecule has 3 rings (SSSR count). The first kappa shape index (κ1) is 11.9. The molecule has 3 nitrogen and oxygen atoms in total. The van der Waals surface area contributed by atoms with Crippen LogP contribution >= 0.6 is 11.3 Å². The molecule has 1 aromatic rings. The minimum absolute atomic E-state index is 0.00591. The summed E-state index contributed by atoms with van der Waals surface area (Å²) >= 11 is 1.67. The summed E-state index contributed by atoms with van der Waals surface area (Å²) in [5.41, 5.74) is -0.580. The Morgan fingerprint density at radius 3 is 2.78 bits per heavy atom. The standard InChI is InChI=1S/C14H17NO2S/c1-10-2-5-12(18-10)6-7-13(16)15-8-14(17,9-15)11-3-4-11/h2,5-7,11,17H,3-4,8-9H2,1H3. The second-order valence-electron chi connectivity index (χ2n) is 5.35. The summed E-state index contributed by atoms with van der Waals surface area (Å²) in [6, 6.07) is 4.06. The maximum Gasteiger partial charge on any atom is 0.246 e. The number of amides is 1. The first-order chi connectivity index (χ1) is 8.57. The molecule has 1 saturated carbocycles. The molecule has 96 valence electrons. The van der Waals surface area contributed by atoms with E-state index in [0.717, 1.165) is 17.7 Å². The topological polar surface area (TPSA) is 40.5 Å². The number of aliphatic hydroxyl groups is 1. The van der Waals surface area contributed by atoms with E-state index >= 15 is 0 Å². The molecule has 2 aliphatic rings. The summed E-state index contributed by atoms with van der Waals surface area (Å²) in [6.45, 7) is 3.06. The molecule has 1 amide bonds. The van der Waals surface area contributed by atoms with E-state index in [4.69, 9.17) is 0 Å². The molecule has 0 aromatic carbocycles. The predicted octanol–water partition coefficient (Wildman–Crippen LogP) is 2.05. The van der Waals surface area contributed by atoms with Crippen molar-refractivity contribution in [2.24, 2.45) is 5.92 Å². The number of thiophene rings is 1. The summed E-state index contributed by atoms with van der Waals surface area (Å²) in [5, 5.41) is 10.1. The van der Waals surface area contributed by atoms with Gasteiger partial charge in [0.1, 0.15) is 5.60 Å². The van der Waals surface area contributed by atoms with Crippen LogP contribution in [0.15, 0.2) is 18.2 Å². The summed E-state index contributed by atoms with van der Waals surface area (Å²) in [6.07, 6.45) is 5.69. The number of nitrogens with zero attached hydrogens (tertiary/aromatic N) is 1. The molecule has 0 atom stereocenters. The lowest BCUT2D eigenvalue weighted by atomic mass is 9.88. The largest absolute Gasteiger partial charge is 0.386 e. The van der Waals surface area contributed by atoms with Gasteiger partial charge in [0, 0.05) is 15.8 Å². The van der Waals surface area contributed by atoms with Crippen LogP contribution in [0, 0.1) is 12.8 Å². The van der Waals surface area contributed by atoms with E-state index in [1.807, 2.05) is 18.2 Å². The van der Waals surface area contributed by atoms with Gasteiger partial charge in [0.2, 0.25) is 5.91 Å². The molecule has 2 heterocycles. The molecule has 1 aliphatic carbocycles. The van der Waals surface area contributed by atoms with E-state index in [2.05, 4.69) is 6.92 Å². The highest BCUT2D eigenvalue weighted by Gasteiger charge is 2.52. The van der Waals surface area contributed by atoms with Gasteiger partial charge in [0.05, 0.1) is 13.1 Å². The zero-order chi connectivity index (χ0) is 12.8. The molecular formula is C14H17NO2S. The Labute approximate surface area is 111 Å². The van der Waals surface area contributed by atoms with Crippen LogP contribution in [0.5, 0.6) is 0 Å². The van der Waals surface area contributed by atoms with Gasteiger partial charge in [0.25, 0.3) is 0 Å². The van der Waals surface area contributed by atoms with E-state index in [0.29, 0.717) is 19.0 Å². The normalized spacial score (nSPS) is 22.2. The SMILES string of the molecule is Cc1ccc(C=CC(=O)N2CC(O)(C3CC3)C2)s1. The second-order valence-corrected chi connectivity index (χ2v) is 6.67. The summed E-state index contributed by atoms with van der Waals surface area (Å²) in [7, 11) is 0. The Morgan fingerprint density at radius 1 is 1.50 bits per heavy atom. The van der Waals surface area contributed by atoms with Crippen LogP contribution in [0.25, 0.3) is 6.08 Å². The average Bonchev–Trinajstić information content (AvgIpc) is 3.06. The fourth-order valence-corrected chi connectivity index (χ4v) is 3.23. The van der Waals surface area contributed by atoms with Crippen LogP contribution < -0.4 is 0 Å². The number of hydrogen-bond acceptors (Lipinski definition) is 3. The van der Waals surface area contributed by atoms with Gasteiger partial charge < -0.3 is 10.0 Å². The first-order valence-electron chi connectivity index (χ1n) is 6.33. The first-order valence-corrected chi connectivity index (χ1v) is 7.14. The molecular weight excluding hydrogens is 246 g/mol. The van der Waals surface area contributed by atoms with Gasteiger partial charge in [-0.1, -0.05) is 0 Å². The van der Waals surface area contributed by atoms with Crippen molar-refractivity contribution in [2.75, 3.05) is 13.1 Å². The number of hydrogen-bond donors (Lipinski definition) is 1. The Bertz CT molecular complexity index is 496. The molecule has 1 N–H and O–H groups in total. The summed E-state index contributed by atoms with van der Waals surface area (Å²) in [5.74, 6) is 0.442. The Morgan fingerprint density at radius 2 is 2.22 bits per heavy atom. The van der Waals surface area contributed by atoms with Crippen molar-refractivity contribution in [2.45, 2.75) is 25.4 Å². The van der Waals surface area contributed by atoms with Crippen molar-refractivity contribution >= 4 is 23.3 Å². The molecule has 1 aliphatic heterocycles. The highest BCUT2D eigenvalue weighted by Crippen LogP contribution is 2.44. The van der Waals surface area contributed by atoms with Crippen LogP contribution in [0.2, 0.25) is 0 Å². The van der Waals surface area contributed by atoms with Crippen LogP contribution in [-0.2, 0) is 4.79 Å². The number of aryl methyl sites for hydroxylation is 1. The van der Waals surface area contributed by atoms with E-state index < -0.39 is 5.60 Å². The third kappa shape index (κ3) is 2.22. The van der Waals surface area contributed by atoms with Crippen LogP contribution in [0.1, 0.15) is 22.6 Å². The monoisotopic (exact) mass is 263 g/mol. The van der Waals surface area contributed by atoms with E-state index in [9.17, 15) is 9.90 Å². The highest BCUT2D eigenvalue weighted by atomic mass is 32.1. The molecule has 0 spiro atoms. The predicted molar refractivity (Wildman–Crippen MR) is 72.3 cm³/mol. The van der Waals surface area contributed by atoms with E-state index in [1.165, 1.54) is 4.88 Å². The van der Waals surface area contributed by atoms with Gasteiger partial charge >= 0.3 is 0 Å². The summed E-state index contributed by atoms with van der Waals surface area (Å²) in [4.78, 5) is 15.9. The quantitative estimate of drug-likeness (QED) is 0.848. The summed E-state index contributed by atoms with van der Waals surface area (Å²) < 4.78 is 0. The molecule has 18 heavy (non-hydrogen) atoms. The molecule has 0 unspecified atom stereocenters. The Kier molecular flexibility index (Phi) is 2.79. The minimum atomic E-state index is -0.580. The van der Waals surface area contributed by atoms with Gasteiger partial charge in [-0.3, -0.25) is 4.79 Å². The van der Waals surface area contributed by atoms with Gasteiger partial charge in [-0.2, -0.15) is 0 Å². The van der Waals surface area contributed by atoms with Crippen LogP contribution in [0.3, 0.4) is 0 Å². The lowest BCUT2D eigenvalue weighted by molar-refractivity contribution is -0.154. The minimum Gasteiger partial charge on any atom is -0.386 e. The zero-order valence-electron chi connectivity index (χ0n) is 10.4. The fraction of sp³-hybridized carbons (Fsp3) is 0.500. The third-order valence-corrected chi connectivity index (χ3v) is 4.70.